The number of carbonyl (C=O) groups excluding carboxylic acids is 1. The SMILES string of the molecule is CCCCCCC(C)NC(=O)c1cccc(OCc2c(C)noc2C)c1. The Labute approximate surface area is 156 Å². The second kappa shape index (κ2) is 10.00. The topological polar surface area (TPSA) is 64.4 Å². The molecule has 5 heteroatoms. The highest BCUT2D eigenvalue weighted by atomic mass is 16.5. The number of hydrogen-bond acceptors (Lipinski definition) is 4. The van der Waals surface area contributed by atoms with E-state index in [4.69, 9.17) is 9.26 Å². The van der Waals surface area contributed by atoms with Gasteiger partial charge in [-0.05, 0) is 45.4 Å². The van der Waals surface area contributed by atoms with Gasteiger partial charge in [0, 0.05) is 11.6 Å². The van der Waals surface area contributed by atoms with Crippen LogP contribution in [0.3, 0.4) is 0 Å². The summed E-state index contributed by atoms with van der Waals surface area (Å²) in [6.45, 7) is 8.39. The summed E-state index contributed by atoms with van der Waals surface area (Å²) >= 11 is 0. The predicted octanol–water partition coefficient (Wildman–Crippen LogP) is 4.96. The van der Waals surface area contributed by atoms with Gasteiger partial charge in [0.2, 0.25) is 0 Å². The second-order valence-corrected chi connectivity index (χ2v) is 6.84. The summed E-state index contributed by atoms with van der Waals surface area (Å²) in [5.74, 6) is 1.36. The van der Waals surface area contributed by atoms with Crippen molar-refractivity contribution in [2.45, 2.75) is 72.4 Å². The van der Waals surface area contributed by atoms with E-state index in [2.05, 4.69) is 24.3 Å². The third-order valence-corrected chi connectivity index (χ3v) is 4.53. The van der Waals surface area contributed by atoms with E-state index in [0.29, 0.717) is 17.9 Å². The van der Waals surface area contributed by atoms with Gasteiger partial charge in [-0.2, -0.15) is 0 Å². The number of amides is 1. The summed E-state index contributed by atoms with van der Waals surface area (Å²) in [5.41, 5.74) is 2.38. The van der Waals surface area contributed by atoms with Crippen LogP contribution < -0.4 is 10.1 Å². The fourth-order valence-electron chi connectivity index (χ4n) is 2.85. The van der Waals surface area contributed by atoms with Crippen LogP contribution >= 0.6 is 0 Å². The lowest BCUT2D eigenvalue weighted by Gasteiger charge is -2.14. The molecule has 1 atom stereocenters. The molecule has 1 N–H and O–H groups in total. The first-order valence-corrected chi connectivity index (χ1v) is 9.46. The first kappa shape index (κ1) is 20.0. The molecule has 0 aliphatic rings. The summed E-state index contributed by atoms with van der Waals surface area (Å²) in [5, 5.41) is 6.99. The van der Waals surface area contributed by atoms with E-state index in [-0.39, 0.29) is 11.9 Å². The molecule has 2 rings (SSSR count). The Hall–Kier alpha value is -2.30. The van der Waals surface area contributed by atoms with Crippen molar-refractivity contribution >= 4 is 5.91 Å². The second-order valence-electron chi connectivity index (χ2n) is 6.84. The van der Waals surface area contributed by atoms with E-state index in [1.54, 1.807) is 6.07 Å². The lowest BCUT2D eigenvalue weighted by Crippen LogP contribution is -2.32. The van der Waals surface area contributed by atoms with Crippen LogP contribution in [0, 0.1) is 13.8 Å². The summed E-state index contributed by atoms with van der Waals surface area (Å²) in [6, 6.07) is 7.44. The number of aryl methyl sites for hydroxylation is 2. The third kappa shape index (κ3) is 5.90. The van der Waals surface area contributed by atoms with Crippen molar-refractivity contribution in [2.24, 2.45) is 0 Å². The van der Waals surface area contributed by atoms with Gasteiger partial charge in [0.1, 0.15) is 18.1 Å². The number of carbonyl (C=O) groups is 1. The Morgan fingerprint density at radius 3 is 2.77 bits per heavy atom. The Morgan fingerprint density at radius 1 is 1.27 bits per heavy atom. The van der Waals surface area contributed by atoms with E-state index >= 15 is 0 Å². The van der Waals surface area contributed by atoms with Gasteiger partial charge in [-0.15, -0.1) is 0 Å². The standard InChI is InChI=1S/C21H30N2O3/c1-5-6-7-8-10-15(2)22-21(24)18-11-9-12-19(13-18)25-14-20-16(3)23-26-17(20)4/h9,11-13,15H,5-8,10,14H2,1-4H3,(H,22,24). The molecule has 0 bridgehead atoms. The average molecular weight is 358 g/mol. The van der Waals surface area contributed by atoms with E-state index in [1.807, 2.05) is 32.0 Å². The Morgan fingerprint density at radius 2 is 2.08 bits per heavy atom. The molecular formula is C21H30N2O3. The van der Waals surface area contributed by atoms with Gasteiger partial charge in [-0.3, -0.25) is 4.79 Å². The molecule has 0 aliphatic heterocycles. The molecule has 0 saturated carbocycles. The van der Waals surface area contributed by atoms with Crippen LogP contribution in [0.5, 0.6) is 5.75 Å². The number of nitrogens with zero attached hydrogens (tertiary/aromatic N) is 1. The van der Waals surface area contributed by atoms with Crippen LogP contribution in [0.15, 0.2) is 28.8 Å². The van der Waals surface area contributed by atoms with Crippen molar-refractivity contribution in [3.8, 4) is 5.75 Å². The van der Waals surface area contributed by atoms with E-state index in [1.165, 1.54) is 19.3 Å². The fourth-order valence-corrected chi connectivity index (χ4v) is 2.85. The van der Waals surface area contributed by atoms with Gasteiger partial charge < -0.3 is 14.6 Å². The molecule has 1 aromatic heterocycles. The van der Waals surface area contributed by atoms with E-state index in [9.17, 15) is 4.79 Å². The van der Waals surface area contributed by atoms with E-state index in [0.717, 1.165) is 29.9 Å². The van der Waals surface area contributed by atoms with Crippen LogP contribution in [0.1, 0.15) is 73.3 Å². The maximum absolute atomic E-state index is 12.4. The Balaban J connectivity index is 1.88. The summed E-state index contributed by atoms with van der Waals surface area (Å²) in [7, 11) is 0. The highest BCUT2D eigenvalue weighted by molar-refractivity contribution is 5.94. The molecule has 5 nitrogen and oxygen atoms in total. The quantitative estimate of drug-likeness (QED) is 0.610. The van der Waals surface area contributed by atoms with Crippen molar-refractivity contribution in [2.75, 3.05) is 0 Å². The van der Waals surface area contributed by atoms with E-state index < -0.39 is 0 Å². The first-order valence-electron chi connectivity index (χ1n) is 9.46. The zero-order valence-electron chi connectivity index (χ0n) is 16.3. The van der Waals surface area contributed by atoms with Gasteiger partial charge in [0.25, 0.3) is 5.91 Å². The maximum Gasteiger partial charge on any atom is 0.251 e. The third-order valence-electron chi connectivity index (χ3n) is 4.53. The molecule has 0 aliphatic carbocycles. The van der Waals surface area contributed by atoms with Gasteiger partial charge >= 0.3 is 0 Å². The number of benzene rings is 1. The minimum atomic E-state index is -0.0595. The average Bonchev–Trinajstić information content (AvgIpc) is 2.95. The molecule has 1 heterocycles. The number of aromatic nitrogens is 1. The lowest BCUT2D eigenvalue weighted by atomic mass is 10.1. The Bertz CT molecular complexity index is 690. The molecule has 1 unspecified atom stereocenters. The molecule has 0 saturated heterocycles. The molecular weight excluding hydrogens is 328 g/mol. The van der Waals surface area contributed by atoms with Crippen molar-refractivity contribution in [3.05, 3.63) is 46.8 Å². The van der Waals surface area contributed by atoms with Crippen molar-refractivity contribution < 1.29 is 14.1 Å². The summed E-state index contributed by atoms with van der Waals surface area (Å²) < 4.78 is 11.0. The number of hydrogen-bond donors (Lipinski definition) is 1. The smallest absolute Gasteiger partial charge is 0.251 e. The summed E-state index contributed by atoms with van der Waals surface area (Å²) in [4.78, 5) is 12.4. The van der Waals surface area contributed by atoms with Crippen molar-refractivity contribution in [1.29, 1.82) is 0 Å². The zero-order valence-corrected chi connectivity index (χ0v) is 16.3. The largest absolute Gasteiger partial charge is 0.489 e. The molecule has 0 radical (unpaired) electrons. The van der Waals surface area contributed by atoms with Crippen molar-refractivity contribution in [1.82, 2.24) is 10.5 Å². The minimum Gasteiger partial charge on any atom is -0.489 e. The molecule has 0 fully saturated rings. The molecule has 0 spiro atoms. The zero-order chi connectivity index (χ0) is 18.9. The lowest BCUT2D eigenvalue weighted by molar-refractivity contribution is 0.0937. The van der Waals surface area contributed by atoms with Crippen LogP contribution in [0.25, 0.3) is 0 Å². The minimum absolute atomic E-state index is 0.0595. The molecule has 1 aromatic carbocycles. The molecule has 2 aromatic rings. The van der Waals surface area contributed by atoms with Crippen molar-refractivity contribution in [3.63, 3.8) is 0 Å². The molecule has 26 heavy (non-hydrogen) atoms. The predicted molar refractivity (Wildman–Crippen MR) is 102 cm³/mol. The van der Waals surface area contributed by atoms with Crippen LogP contribution in [0.2, 0.25) is 0 Å². The van der Waals surface area contributed by atoms with Gasteiger partial charge in [0.05, 0.1) is 11.3 Å². The maximum atomic E-state index is 12.4. The van der Waals surface area contributed by atoms with Crippen LogP contribution in [0.4, 0.5) is 0 Å². The van der Waals surface area contributed by atoms with Crippen LogP contribution in [-0.4, -0.2) is 17.1 Å². The number of ether oxygens (including phenoxy) is 1. The number of nitrogens with one attached hydrogen (secondary N) is 1. The molecule has 142 valence electrons. The van der Waals surface area contributed by atoms with Gasteiger partial charge in [-0.25, -0.2) is 0 Å². The Kier molecular flexibility index (Phi) is 7.70. The van der Waals surface area contributed by atoms with Crippen LogP contribution in [-0.2, 0) is 6.61 Å². The highest BCUT2D eigenvalue weighted by Crippen LogP contribution is 2.18. The fraction of sp³-hybridized carbons (Fsp3) is 0.524. The summed E-state index contributed by atoms with van der Waals surface area (Å²) in [6.07, 6.45) is 5.86. The van der Waals surface area contributed by atoms with Gasteiger partial charge in [0.15, 0.2) is 0 Å². The molecule has 1 amide bonds. The van der Waals surface area contributed by atoms with Gasteiger partial charge in [-0.1, -0.05) is 43.8 Å². The monoisotopic (exact) mass is 358 g/mol. The number of unbranched alkanes of at least 4 members (excludes halogenated alkanes) is 3. The first-order chi connectivity index (χ1) is 12.5. The highest BCUT2D eigenvalue weighted by Gasteiger charge is 2.12. The number of rotatable bonds is 10. The normalized spacial score (nSPS) is 12.0.